The summed E-state index contributed by atoms with van der Waals surface area (Å²) in [6, 6.07) is 12.5. The van der Waals surface area contributed by atoms with Crippen LogP contribution in [0, 0.1) is 0 Å². The van der Waals surface area contributed by atoms with Crippen LogP contribution in [0.5, 0.6) is 11.5 Å². The highest BCUT2D eigenvalue weighted by Gasteiger charge is 2.54. The summed E-state index contributed by atoms with van der Waals surface area (Å²) in [5.74, 6) is -2.54. The van der Waals surface area contributed by atoms with Crippen molar-refractivity contribution in [3.05, 3.63) is 76.4 Å². The van der Waals surface area contributed by atoms with Gasteiger partial charge < -0.3 is 31.2 Å². The highest BCUT2D eigenvalue weighted by molar-refractivity contribution is 8.01. The molecule has 0 spiro atoms. The average Bonchev–Trinajstić information content (AvgIpc) is 3.71. The molecule has 4 heterocycles. The number of carbonyl (C=O) groups excluding carboxylic acids is 2. The molecule has 0 radical (unpaired) electrons. The van der Waals surface area contributed by atoms with Crippen LogP contribution < -0.4 is 11.1 Å². The molecule has 0 unspecified atom stereocenters. The van der Waals surface area contributed by atoms with Gasteiger partial charge in [-0.3, -0.25) is 14.5 Å². The van der Waals surface area contributed by atoms with Gasteiger partial charge in [0.15, 0.2) is 26.7 Å². The summed E-state index contributed by atoms with van der Waals surface area (Å²) >= 11 is 4.95. The van der Waals surface area contributed by atoms with E-state index in [1.54, 1.807) is 11.4 Å². The molecule has 0 bridgehead atoms. The minimum Gasteiger partial charge on any atom is -0.504 e. The number of aliphatic carboxylic acids is 1. The second-order valence-electron chi connectivity index (χ2n) is 9.75. The van der Waals surface area contributed by atoms with Crippen LogP contribution >= 0.6 is 46.2 Å². The molecule has 6 N–H and O–H groups in total. The molecule has 6 rings (SSSR count). The number of oxime groups is 1. The van der Waals surface area contributed by atoms with Gasteiger partial charge in [0.05, 0.1) is 0 Å². The predicted octanol–water partition coefficient (Wildman–Crippen LogP) is 3.11. The second-order valence-corrected chi connectivity index (χ2v) is 13.9. The van der Waals surface area contributed by atoms with Crippen molar-refractivity contribution in [2.45, 2.75) is 22.4 Å². The number of thioether (sulfide) groups is 2. The van der Waals surface area contributed by atoms with Crippen LogP contribution in [0.25, 0.3) is 10.6 Å². The van der Waals surface area contributed by atoms with Crippen molar-refractivity contribution < 1.29 is 34.5 Å². The average molecular weight is 698 g/mol. The number of carbonyl (C=O) groups is 3. The molecular formula is C28H23N7O7S4. The van der Waals surface area contributed by atoms with Crippen LogP contribution in [0.15, 0.2) is 74.7 Å². The number of nitrogen functional groups attached to an aromatic ring is 1. The molecule has 0 saturated carbocycles. The largest absolute Gasteiger partial charge is 0.504 e. The highest BCUT2D eigenvalue weighted by atomic mass is 32.2. The van der Waals surface area contributed by atoms with E-state index in [-0.39, 0.29) is 46.1 Å². The molecule has 2 aliphatic heterocycles. The first-order valence-electron chi connectivity index (χ1n) is 13.3. The number of thiazole rings is 1. The molecule has 2 aromatic carbocycles. The van der Waals surface area contributed by atoms with Gasteiger partial charge in [-0.1, -0.05) is 58.6 Å². The van der Waals surface area contributed by atoms with E-state index >= 15 is 0 Å². The molecule has 46 heavy (non-hydrogen) atoms. The van der Waals surface area contributed by atoms with Crippen molar-refractivity contribution in [2.24, 2.45) is 5.16 Å². The Labute approximate surface area is 277 Å². The Kier molecular flexibility index (Phi) is 9.11. The Bertz CT molecular complexity index is 1880. The zero-order chi connectivity index (χ0) is 32.4. The van der Waals surface area contributed by atoms with E-state index in [4.69, 9.17) is 10.6 Å². The zero-order valence-electron chi connectivity index (χ0n) is 23.4. The number of nitrogens with one attached hydrogen (secondary N) is 1. The SMILES string of the molecule is Nc1nc(C(=NOCc2ccccc2)C(=O)N[C@@H]2C(=O)N3C(C(=O)O)=C(CSc4nnc(-c5ccc(O)c(O)c5)s4)CS[C@H]23)cs1. The Hall–Kier alpha value is -4.65. The Morgan fingerprint density at radius 3 is 2.67 bits per heavy atom. The zero-order valence-corrected chi connectivity index (χ0v) is 26.7. The topological polar surface area (TPSA) is 213 Å². The van der Waals surface area contributed by atoms with Crippen LogP contribution in [0.1, 0.15) is 11.3 Å². The van der Waals surface area contributed by atoms with Crippen LogP contribution in [-0.4, -0.2) is 81.8 Å². The number of anilines is 1. The molecule has 2 aromatic heterocycles. The van der Waals surface area contributed by atoms with Crippen molar-refractivity contribution in [3.8, 4) is 22.1 Å². The summed E-state index contributed by atoms with van der Waals surface area (Å²) in [5.41, 5.74) is 7.57. The normalized spacial score (nSPS) is 17.8. The lowest BCUT2D eigenvalue weighted by Crippen LogP contribution is -2.71. The van der Waals surface area contributed by atoms with E-state index in [0.29, 0.717) is 26.2 Å². The number of nitrogens with two attached hydrogens (primary N) is 1. The van der Waals surface area contributed by atoms with E-state index < -0.39 is 29.2 Å². The third-order valence-electron chi connectivity index (χ3n) is 6.74. The van der Waals surface area contributed by atoms with Gasteiger partial charge in [-0.25, -0.2) is 9.78 Å². The number of amides is 2. The molecule has 236 valence electrons. The number of phenols is 2. The number of aromatic nitrogens is 3. The van der Waals surface area contributed by atoms with E-state index in [2.05, 4.69) is 25.7 Å². The fourth-order valence-corrected chi connectivity index (χ4v) is 8.42. The lowest BCUT2D eigenvalue weighted by molar-refractivity contribution is -0.150. The van der Waals surface area contributed by atoms with Gasteiger partial charge in [-0.05, 0) is 29.3 Å². The third kappa shape index (κ3) is 6.50. The number of hydrogen-bond donors (Lipinski definition) is 5. The maximum absolute atomic E-state index is 13.3. The summed E-state index contributed by atoms with van der Waals surface area (Å²) in [5, 5.41) is 46.0. The van der Waals surface area contributed by atoms with Crippen molar-refractivity contribution >= 4 is 74.8 Å². The molecule has 4 aromatic rings. The van der Waals surface area contributed by atoms with Gasteiger partial charge in [-0.15, -0.1) is 33.3 Å². The Morgan fingerprint density at radius 2 is 1.96 bits per heavy atom. The number of hydrogen-bond acceptors (Lipinski definition) is 15. The van der Waals surface area contributed by atoms with Crippen molar-refractivity contribution in [3.63, 3.8) is 0 Å². The van der Waals surface area contributed by atoms with Crippen molar-refractivity contribution in [2.75, 3.05) is 17.2 Å². The number of rotatable bonds is 11. The molecule has 0 aliphatic carbocycles. The van der Waals surface area contributed by atoms with Crippen molar-refractivity contribution in [1.29, 1.82) is 0 Å². The lowest BCUT2D eigenvalue weighted by atomic mass is 10.0. The van der Waals surface area contributed by atoms with Gasteiger partial charge in [-0.2, -0.15) is 0 Å². The summed E-state index contributed by atoms with van der Waals surface area (Å²) in [4.78, 5) is 49.7. The quantitative estimate of drug-likeness (QED) is 0.0502. The van der Waals surface area contributed by atoms with E-state index in [1.165, 1.54) is 51.9 Å². The molecule has 2 atom stereocenters. The molecule has 1 fully saturated rings. The molecule has 18 heteroatoms. The molecule has 14 nitrogen and oxygen atoms in total. The monoisotopic (exact) mass is 697 g/mol. The number of phenolic OH excluding ortho intramolecular Hbond substituents is 2. The minimum atomic E-state index is -1.26. The van der Waals surface area contributed by atoms with Crippen LogP contribution in [0.3, 0.4) is 0 Å². The summed E-state index contributed by atoms with van der Waals surface area (Å²) < 4.78 is 0.552. The molecular weight excluding hydrogens is 675 g/mol. The first-order chi connectivity index (χ1) is 22.2. The van der Waals surface area contributed by atoms with Gasteiger partial charge >= 0.3 is 5.97 Å². The fraction of sp³-hybridized carbons (Fsp3) is 0.179. The Morgan fingerprint density at radius 1 is 1.15 bits per heavy atom. The van der Waals surface area contributed by atoms with Crippen molar-refractivity contribution in [1.82, 2.24) is 25.4 Å². The van der Waals surface area contributed by atoms with Gasteiger partial charge in [0, 0.05) is 22.4 Å². The lowest BCUT2D eigenvalue weighted by Gasteiger charge is -2.49. The summed E-state index contributed by atoms with van der Waals surface area (Å²) in [6.07, 6.45) is 0. The van der Waals surface area contributed by atoms with Crippen LogP contribution in [0.4, 0.5) is 5.13 Å². The van der Waals surface area contributed by atoms with Crippen LogP contribution in [-0.2, 0) is 25.8 Å². The third-order valence-corrected chi connectivity index (χ3v) is 11.0. The number of carboxylic acid groups (broad SMARTS) is 1. The smallest absolute Gasteiger partial charge is 0.352 e. The van der Waals surface area contributed by atoms with Crippen LogP contribution in [0.2, 0.25) is 0 Å². The minimum absolute atomic E-state index is 0.0954. The number of benzene rings is 2. The van der Waals surface area contributed by atoms with E-state index in [0.717, 1.165) is 16.9 Å². The van der Waals surface area contributed by atoms with E-state index in [9.17, 15) is 29.7 Å². The number of β-lactam (4-membered cyclic amide) rings is 1. The summed E-state index contributed by atoms with van der Waals surface area (Å²) in [7, 11) is 0. The summed E-state index contributed by atoms with van der Waals surface area (Å²) in [6.45, 7) is 0.0954. The maximum Gasteiger partial charge on any atom is 0.352 e. The first-order valence-corrected chi connectivity index (χ1v) is 17.1. The second kappa shape index (κ2) is 13.4. The molecule has 2 aliphatic rings. The number of nitrogens with zero attached hydrogens (tertiary/aromatic N) is 5. The van der Waals surface area contributed by atoms with Gasteiger partial charge in [0.25, 0.3) is 11.8 Å². The van der Waals surface area contributed by atoms with E-state index in [1.807, 2.05) is 30.3 Å². The standard InChI is InChI=1S/C28H23N7O7S4/c29-27-30-16(12-44-27)19(34-42-9-13-4-2-1-3-5-13)22(38)31-20-24(39)35-21(26(40)41)15(10-43-25(20)35)11-45-28-33-32-23(46-28)14-6-7-17(36)18(37)8-14/h1-8,12,20,25,36-37H,9-11H2,(H2,29,30)(H,31,38)(H,40,41)/t20-,25-/m1/s1. The predicted molar refractivity (Wildman–Crippen MR) is 173 cm³/mol. The maximum atomic E-state index is 13.3. The Balaban J connectivity index is 1.13. The number of carboxylic acids is 1. The number of fused-ring (bicyclic) bond motifs is 1. The first kappa shape index (κ1) is 31.3. The molecule has 2 amide bonds. The molecule has 1 saturated heterocycles. The highest BCUT2D eigenvalue weighted by Crippen LogP contribution is 2.42. The van der Waals surface area contributed by atoms with Gasteiger partial charge in [0.2, 0.25) is 0 Å². The number of aromatic hydroxyl groups is 2. The van der Waals surface area contributed by atoms with Gasteiger partial charge in [0.1, 0.15) is 34.4 Å². The fourth-order valence-electron chi connectivity index (χ4n) is 4.54.